The molecule has 4 nitrogen and oxygen atoms in total. The van der Waals surface area contributed by atoms with E-state index in [2.05, 4.69) is 10.4 Å². The lowest BCUT2D eigenvalue weighted by molar-refractivity contribution is 1.08. The van der Waals surface area contributed by atoms with Gasteiger partial charge in [-0.1, -0.05) is 41.1 Å². The number of aromatic nitrogens is 1. The summed E-state index contributed by atoms with van der Waals surface area (Å²) >= 11 is 7.02. The minimum atomic E-state index is 0.237. The molecule has 6 heteroatoms. The molecule has 0 aliphatic carbocycles. The van der Waals surface area contributed by atoms with Gasteiger partial charge < -0.3 is 0 Å². The van der Waals surface area contributed by atoms with E-state index in [1.54, 1.807) is 0 Å². The molecular weight excluding hydrogens is 256 g/mol. The number of hydrazine groups is 1. The van der Waals surface area contributed by atoms with Crippen molar-refractivity contribution in [1.82, 2.24) is 4.98 Å². The van der Waals surface area contributed by atoms with E-state index >= 15 is 0 Å². The molecule has 2 aromatic rings. The largest absolute Gasteiger partial charge is 0.289 e. The van der Waals surface area contributed by atoms with Crippen LogP contribution in [0.25, 0.3) is 0 Å². The first kappa shape index (κ1) is 11.7. The van der Waals surface area contributed by atoms with E-state index < -0.39 is 0 Å². The fourth-order valence-corrected chi connectivity index (χ4v) is 2.26. The Hall–Kier alpha value is -1.77. The molecule has 86 valence electrons. The molecule has 0 saturated heterocycles. The second-order valence-electron chi connectivity index (χ2n) is 3.26. The number of nitrogens with zero attached hydrogens (tertiary/aromatic N) is 3. The molecule has 1 aromatic carbocycles. The number of halogens is 1. The Morgan fingerprint density at radius 1 is 1.41 bits per heavy atom. The number of hydrogen-bond acceptors (Lipinski definition) is 5. The van der Waals surface area contributed by atoms with Crippen molar-refractivity contribution in [3.8, 4) is 6.07 Å². The minimum absolute atomic E-state index is 0.237. The summed E-state index contributed by atoms with van der Waals surface area (Å²) < 4.78 is 0. The molecular formula is C11H9ClN4S. The molecule has 0 fully saturated rings. The smallest absolute Gasteiger partial charge is 0.204 e. The number of benzene rings is 1. The van der Waals surface area contributed by atoms with Crippen molar-refractivity contribution in [2.75, 3.05) is 17.5 Å². The third kappa shape index (κ3) is 2.67. The quantitative estimate of drug-likeness (QED) is 0.866. The number of anilines is 2. The van der Waals surface area contributed by atoms with Gasteiger partial charge in [0.1, 0.15) is 10.9 Å². The van der Waals surface area contributed by atoms with Gasteiger partial charge in [0.15, 0.2) is 5.15 Å². The highest BCUT2D eigenvalue weighted by Gasteiger charge is 2.09. The zero-order chi connectivity index (χ0) is 12.3. The van der Waals surface area contributed by atoms with Crippen molar-refractivity contribution in [1.29, 1.82) is 5.26 Å². The van der Waals surface area contributed by atoms with Crippen LogP contribution < -0.4 is 10.4 Å². The van der Waals surface area contributed by atoms with Gasteiger partial charge in [-0.15, -0.1) is 0 Å². The van der Waals surface area contributed by atoms with E-state index in [0.29, 0.717) is 10.0 Å². The van der Waals surface area contributed by atoms with Crippen LogP contribution in [0.5, 0.6) is 0 Å². The van der Waals surface area contributed by atoms with Gasteiger partial charge in [-0.05, 0) is 12.1 Å². The van der Waals surface area contributed by atoms with Crippen molar-refractivity contribution >= 4 is 33.8 Å². The molecule has 0 unspecified atom stereocenters. The number of hydrogen-bond donors (Lipinski definition) is 1. The van der Waals surface area contributed by atoms with Crippen LogP contribution in [0.3, 0.4) is 0 Å². The summed E-state index contributed by atoms with van der Waals surface area (Å²) in [7, 11) is 1.87. The topological polar surface area (TPSA) is 52.0 Å². The van der Waals surface area contributed by atoms with Gasteiger partial charge in [0.05, 0.1) is 5.69 Å². The number of nitriles is 1. The third-order valence-corrected chi connectivity index (χ3v) is 3.34. The van der Waals surface area contributed by atoms with Gasteiger partial charge in [0.2, 0.25) is 5.13 Å². The molecule has 17 heavy (non-hydrogen) atoms. The Bertz CT molecular complexity index is 546. The van der Waals surface area contributed by atoms with E-state index in [1.165, 1.54) is 11.3 Å². The lowest BCUT2D eigenvalue weighted by Gasteiger charge is -2.19. The van der Waals surface area contributed by atoms with Gasteiger partial charge in [0.25, 0.3) is 0 Å². The number of para-hydroxylation sites is 1. The Morgan fingerprint density at radius 2 is 2.12 bits per heavy atom. The summed E-state index contributed by atoms with van der Waals surface area (Å²) in [6.07, 6.45) is 0. The van der Waals surface area contributed by atoms with Crippen LogP contribution in [0, 0.1) is 11.3 Å². The van der Waals surface area contributed by atoms with E-state index in [9.17, 15) is 0 Å². The molecule has 2 rings (SSSR count). The van der Waals surface area contributed by atoms with Crippen LogP contribution in [0.2, 0.25) is 5.15 Å². The van der Waals surface area contributed by atoms with Gasteiger partial charge in [0, 0.05) is 7.05 Å². The predicted octanol–water partition coefficient (Wildman–Crippen LogP) is 3.13. The van der Waals surface area contributed by atoms with Crippen LogP contribution in [0.15, 0.2) is 30.3 Å². The number of nitrogens with one attached hydrogen (secondary N) is 1. The van der Waals surface area contributed by atoms with E-state index in [-0.39, 0.29) is 5.15 Å². The normalized spacial score (nSPS) is 9.71. The maximum Gasteiger partial charge on any atom is 0.204 e. The van der Waals surface area contributed by atoms with E-state index in [4.69, 9.17) is 16.9 Å². The van der Waals surface area contributed by atoms with Crippen LogP contribution in [0.4, 0.5) is 10.8 Å². The second kappa shape index (κ2) is 5.04. The third-order valence-electron chi connectivity index (χ3n) is 2.09. The molecule has 0 aliphatic heterocycles. The Labute approximate surface area is 108 Å². The zero-order valence-corrected chi connectivity index (χ0v) is 10.6. The van der Waals surface area contributed by atoms with Crippen LogP contribution in [-0.2, 0) is 0 Å². The predicted molar refractivity (Wildman–Crippen MR) is 70.3 cm³/mol. The molecule has 0 atom stereocenters. The van der Waals surface area contributed by atoms with Crippen molar-refractivity contribution in [3.63, 3.8) is 0 Å². The first-order valence-electron chi connectivity index (χ1n) is 4.82. The lowest BCUT2D eigenvalue weighted by atomic mass is 10.3. The summed E-state index contributed by atoms with van der Waals surface area (Å²) in [5.74, 6) is 0. The Kier molecular flexibility index (Phi) is 3.47. The lowest BCUT2D eigenvalue weighted by Crippen LogP contribution is -2.24. The fraction of sp³-hybridized carbons (Fsp3) is 0.0909. The highest BCUT2D eigenvalue weighted by molar-refractivity contribution is 7.16. The van der Waals surface area contributed by atoms with Gasteiger partial charge in [-0.25, -0.2) is 4.98 Å². The highest BCUT2D eigenvalue weighted by Crippen LogP contribution is 2.26. The van der Waals surface area contributed by atoms with Crippen molar-refractivity contribution in [2.45, 2.75) is 0 Å². The van der Waals surface area contributed by atoms with Crippen LogP contribution >= 0.6 is 22.9 Å². The fourth-order valence-electron chi connectivity index (χ4n) is 1.28. The summed E-state index contributed by atoms with van der Waals surface area (Å²) in [4.78, 5) is 4.47. The van der Waals surface area contributed by atoms with Gasteiger partial charge in [-0.2, -0.15) is 5.26 Å². The molecule has 1 heterocycles. The summed E-state index contributed by atoms with van der Waals surface area (Å²) in [6, 6.07) is 11.8. The molecule has 0 amide bonds. The maximum atomic E-state index is 8.78. The standard InChI is InChI=1S/C11H9ClN4S/c1-16(8-5-3-2-4-6-8)15-11-14-10(12)9(7-13)17-11/h2-6H,1H3,(H,14,15). The molecule has 0 radical (unpaired) electrons. The monoisotopic (exact) mass is 264 g/mol. The minimum Gasteiger partial charge on any atom is -0.289 e. The molecule has 0 saturated carbocycles. The zero-order valence-electron chi connectivity index (χ0n) is 9.01. The summed E-state index contributed by atoms with van der Waals surface area (Å²) in [5.41, 5.74) is 4.06. The van der Waals surface area contributed by atoms with E-state index in [1.807, 2.05) is 48.5 Å². The molecule has 1 N–H and O–H groups in total. The summed E-state index contributed by atoms with van der Waals surface area (Å²) in [5, 5.41) is 11.4. The van der Waals surface area contributed by atoms with Crippen molar-refractivity contribution < 1.29 is 0 Å². The Morgan fingerprint density at radius 3 is 2.71 bits per heavy atom. The summed E-state index contributed by atoms with van der Waals surface area (Å²) in [6.45, 7) is 0. The highest BCUT2D eigenvalue weighted by atomic mass is 35.5. The van der Waals surface area contributed by atoms with Crippen molar-refractivity contribution in [3.05, 3.63) is 40.4 Å². The number of thiazole rings is 1. The van der Waals surface area contributed by atoms with Crippen molar-refractivity contribution in [2.24, 2.45) is 0 Å². The molecule has 0 spiro atoms. The van der Waals surface area contributed by atoms with E-state index in [0.717, 1.165) is 5.69 Å². The van der Waals surface area contributed by atoms with Gasteiger partial charge in [-0.3, -0.25) is 10.4 Å². The molecule has 0 aliphatic rings. The first-order valence-corrected chi connectivity index (χ1v) is 6.02. The van der Waals surface area contributed by atoms with Crippen LogP contribution in [-0.4, -0.2) is 12.0 Å². The van der Waals surface area contributed by atoms with Crippen LogP contribution in [0.1, 0.15) is 4.88 Å². The second-order valence-corrected chi connectivity index (χ2v) is 4.61. The number of rotatable bonds is 3. The molecule has 1 aromatic heterocycles. The molecule has 0 bridgehead atoms. The first-order chi connectivity index (χ1) is 8.20. The average molecular weight is 265 g/mol. The maximum absolute atomic E-state index is 8.78. The Balaban J connectivity index is 2.14. The van der Waals surface area contributed by atoms with Gasteiger partial charge >= 0.3 is 0 Å². The SMILES string of the molecule is CN(Nc1nc(Cl)c(C#N)s1)c1ccccc1. The average Bonchev–Trinajstić information content (AvgIpc) is 2.70.